The normalized spacial score (nSPS) is 10.3. The van der Waals surface area contributed by atoms with Crippen LogP contribution in [0.3, 0.4) is 0 Å². The van der Waals surface area contributed by atoms with E-state index in [-0.39, 0.29) is 5.56 Å². The first-order chi connectivity index (χ1) is 15.9. The molecule has 7 heteroatoms. The van der Waals surface area contributed by atoms with Crippen molar-refractivity contribution in [2.75, 3.05) is 6.61 Å². The number of benzene rings is 3. The zero-order chi connectivity index (χ0) is 23.8. The fraction of sp³-hybridized carbons (Fsp3) is 0.192. The third kappa shape index (κ3) is 6.67. The second-order valence-electron chi connectivity index (χ2n) is 7.20. The lowest BCUT2D eigenvalue weighted by Crippen LogP contribution is -2.11. The minimum Gasteiger partial charge on any atom is -0.494 e. The maximum absolute atomic E-state index is 12.5. The summed E-state index contributed by atoms with van der Waals surface area (Å²) in [6, 6.07) is 17.5. The molecule has 3 rings (SSSR count). The highest BCUT2D eigenvalue weighted by molar-refractivity contribution is 5.92. The molecule has 0 amide bonds. The van der Waals surface area contributed by atoms with E-state index >= 15 is 0 Å². The molecule has 0 saturated heterocycles. The zero-order valence-electron chi connectivity index (χ0n) is 18.6. The largest absolute Gasteiger partial charge is 0.494 e. The molecule has 7 nitrogen and oxygen atoms in total. The van der Waals surface area contributed by atoms with Gasteiger partial charge in [-0.3, -0.25) is 4.79 Å². The van der Waals surface area contributed by atoms with E-state index in [1.807, 2.05) is 6.92 Å². The predicted octanol–water partition coefficient (Wildman–Crippen LogP) is 5.15. The van der Waals surface area contributed by atoms with Crippen molar-refractivity contribution >= 4 is 17.9 Å². The molecule has 0 spiro atoms. The van der Waals surface area contributed by atoms with Crippen LogP contribution < -0.4 is 18.9 Å². The molecule has 0 atom stereocenters. The number of ether oxygens (including phenoxy) is 4. The Balaban J connectivity index is 1.59. The van der Waals surface area contributed by atoms with Gasteiger partial charge in [-0.25, -0.2) is 9.59 Å². The summed E-state index contributed by atoms with van der Waals surface area (Å²) in [5.41, 5.74) is 1.31. The van der Waals surface area contributed by atoms with Gasteiger partial charge in [0.15, 0.2) is 0 Å². The van der Waals surface area contributed by atoms with Crippen molar-refractivity contribution in [3.63, 3.8) is 0 Å². The van der Waals surface area contributed by atoms with Crippen molar-refractivity contribution in [1.82, 2.24) is 0 Å². The van der Waals surface area contributed by atoms with Gasteiger partial charge in [-0.05, 0) is 85.6 Å². The Morgan fingerprint density at radius 3 is 1.79 bits per heavy atom. The summed E-state index contributed by atoms with van der Waals surface area (Å²) in [6.07, 6.45) is 0.898. The van der Waals surface area contributed by atoms with Crippen LogP contribution >= 0.6 is 0 Å². The number of hydrogen-bond donors (Lipinski definition) is 0. The van der Waals surface area contributed by atoms with Gasteiger partial charge in [0.1, 0.15) is 23.0 Å². The highest BCUT2D eigenvalue weighted by atomic mass is 16.5. The Kier molecular flexibility index (Phi) is 7.81. The van der Waals surface area contributed by atoms with Crippen LogP contribution in [-0.4, -0.2) is 24.5 Å². The van der Waals surface area contributed by atoms with Crippen LogP contribution in [0.15, 0.2) is 66.7 Å². The molecule has 0 unspecified atom stereocenters. The van der Waals surface area contributed by atoms with Crippen LogP contribution in [-0.2, 0) is 4.79 Å². The lowest BCUT2D eigenvalue weighted by atomic mass is 10.2. The van der Waals surface area contributed by atoms with Gasteiger partial charge in [-0.1, -0.05) is 6.92 Å². The van der Waals surface area contributed by atoms with Gasteiger partial charge in [0.05, 0.1) is 17.7 Å². The van der Waals surface area contributed by atoms with Gasteiger partial charge in [0.2, 0.25) is 0 Å². The van der Waals surface area contributed by atoms with Crippen molar-refractivity contribution in [3.8, 4) is 23.0 Å². The summed E-state index contributed by atoms with van der Waals surface area (Å²) >= 11 is 0. The number of carbonyl (C=O) groups excluding carboxylic acids is 3. The van der Waals surface area contributed by atoms with Crippen LogP contribution in [0.25, 0.3) is 0 Å². The van der Waals surface area contributed by atoms with Crippen molar-refractivity contribution < 1.29 is 33.3 Å². The first kappa shape index (κ1) is 23.5. The molecule has 0 aliphatic carbocycles. The third-order valence-corrected chi connectivity index (χ3v) is 4.47. The number of hydrogen-bond acceptors (Lipinski definition) is 7. The molecule has 0 aromatic heterocycles. The van der Waals surface area contributed by atoms with E-state index in [1.54, 1.807) is 49.4 Å². The molecule has 170 valence electrons. The van der Waals surface area contributed by atoms with Gasteiger partial charge in [-0.2, -0.15) is 0 Å². The molecular formula is C26H24O7. The summed E-state index contributed by atoms with van der Waals surface area (Å²) in [6.45, 7) is 5.67. The van der Waals surface area contributed by atoms with Crippen molar-refractivity contribution in [2.24, 2.45) is 0 Å². The van der Waals surface area contributed by atoms with Crippen molar-refractivity contribution in [3.05, 3.63) is 83.4 Å². The minimum atomic E-state index is -0.570. The van der Waals surface area contributed by atoms with E-state index in [9.17, 15) is 14.4 Å². The molecule has 0 saturated carbocycles. The quantitative estimate of drug-likeness (QED) is 0.348. The van der Waals surface area contributed by atoms with E-state index in [2.05, 4.69) is 0 Å². The van der Waals surface area contributed by atoms with E-state index in [1.165, 1.54) is 31.2 Å². The first-order valence-corrected chi connectivity index (χ1v) is 10.4. The van der Waals surface area contributed by atoms with Crippen LogP contribution in [0.4, 0.5) is 0 Å². The summed E-state index contributed by atoms with van der Waals surface area (Å²) in [5, 5.41) is 0. The van der Waals surface area contributed by atoms with Gasteiger partial charge in [-0.15, -0.1) is 0 Å². The smallest absolute Gasteiger partial charge is 0.343 e. The molecule has 3 aromatic carbocycles. The molecule has 0 aliphatic heterocycles. The fourth-order valence-electron chi connectivity index (χ4n) is 2.86. The SMILES string of the molecule is CCCOc1ccc(C(=O)Oc2ccc(C(=O)Oc3ccc(OC(C)=O)cc3C)cc2)cc1. The van der Waals surface area contributed by atoms with Crippen LogP contribution in [0, 0.1) is 6.92 Å². The Morgan fingerprint density at radius 2 is 1.24 bits per heavy atom. The molecule has 0 radical (unpaired) electrons. The molecule has 0 aliphatic rings. The minimum absolute atomic E-state index is 0.288. The molecule has 0 fully saturated rings. The lowest BCUT2D eigenvalue weighted by molar-refractivity contribution is -0.131. The highest BCUT2D eigenvalue weighted by Gasteiger charge is 2.13. The summed E-state index contributed by atoms with van der Waals surface area (Å²) in [7, 11) is 0. The van der Waals surface area contributed by atoms with E-state index in [4.69, 9.17) is 18.9 Å². The third-order valence-electron chi connectivity index (χ3n) is 4.47. The molecule has 33 heavy (non-hydrogen) atoms. The topological polar surface area (TPSA) is 88.1 Å². The van der Waals surface area contributed by atoms with E-state index < -0.39 is 17.9 Å². The van der Waals surface area contributed by atoms with Gasteiger partial charge >= 0.3 is 17.9 Å². The Bertz CT molecular complexity index is 1130. The average Bonchev–Trinajstić information content (AvgIpc) is 2.80. The maximum Gasteiger partial charge on any atom is 0.343 e. The lowest BCUT2D eigenvalue weighted by Gasteiger charge is -2.10. The first-order valence-electron chi connectivity index (χ1n) is 10.4. The number of carbonyl (C=O) groups is 3. The summed E-state index contributed by atoms with van der Waals surface area (Å²) < 4.78 is 21.3. The second kappa shape index (κ2) is 10.9. The highest BCUT2D eigenvalue weighted by Crippen LogP contribution is 2.25. The molecule has 0 bridgehead atoms. The van der Waals surface area contributed by atoms with E-state index in [0.717, 1.165) is 6.42 Å². The standard InChI is InChI=1S/C26H24O7/c1-4-15-30-21-9-5-19(6-10-21)25(28)32-22-11-7-20(8-12-22)26(29)33-24-14-13-23(16-17(24)2)31-18(3)27/h5-14,16H,4,15H2,1-3H3. The van der Waals surface area contributed by atoms with Crippen LogP contribution in [0.2, 0.25) is 0 Å². The summed E-state index contributed by atoms with van der Waals surface area (Å²) in [5.74, 6) is 0.178. The van der Waals surface area contributed by atoms with Crippen LogP contribution in [0.5, 0.6) is 23.0 Å². The van der Waals surface area contributed by atoms with E-state index in [0.29, 0.717) is 40.7 Å². The van der Waals surface area contributed by atoms with Gasteiger partial charge < -0.3 is 18.9 Å². The number of rotatable bonds is 8. The average molecular weight is 448 g/mol. The molecular weight excluding hydrogens is 424 g/mol. The summed E-state index contributed by atoms with van der Waals surface area (Å²) in [4.78, 5) is 35.9. The molecule has 3 aromatic rings. The van der Waals surface area contributed by atoms with Gasteiger partial charge in [0.25, 0.3) is 0 Å². The van der Waals surface area contributed by atoms with Crippen LogP contribution in [0.1, 0.15) is 46.5 Å². The fourth-order valence-corrected chi connectivity index (χ4v) is 2.86. The Hall–Kier alpha value is -4.13. The Labute approximate surface area is 191 Å². The number of aryl methyl sites for hydroxylation is 1. The molecule has 0 N–H and O–H groups in total. The Morgan fingerprint density at radius 1 is 0.697 bits per heavy atom. The van der Waals surface area contributed by atoms with Crippen molar-refractivity contribution in [2.45, 2.75) is 27.2 Å². The molecule has 0 heterocycles. The maximum atomic E-state index is 12.5. The monoisotopic (exact) mass is 448 g/mol. The predicted molar refractivity (Wildman–Crippen MR) is 121 cm³/mol. The van der Waals surface area contributed by atoms with Gasteiger partial charge in [0, 0.05) is 6.92 Å². The number of esters is 3. The second-order valence-corrected chi connectivity index (χ2v) is 7.20. The zero-order valence-corrected chi connectivity index (χ0v) is 18.6. The van der Waals surface area contributed by atoms with Crippen molar-refractivity contribution in [1.29, 1.82) is 0 Å².